The second-order valence-electron chi connectivity index (χ2n) is 5.90. The van der Waals surface area contributed by atoms with Crippen LogP contribution in [-0.2, 0) is 25.5 Å². The fourth-order valence-corrected chi connectivity index (χ4v) is 2.83. The molecule has 1 saturated heterocycles. The third-order valence-corrected chi connectivity index (χ3v) is 4.01. The molecule has 1 aliphatic heterocycles. The minimum atomic E-state index is -0.309. The first-order valence-electron chi connectivity index (χ1n) is 7.35. The van der Waals surface area contributed by atoms with Crippen molar-refractivity contribution in [2.24, 2.45) is 17.8 Å². The first-order chi connectivity index (χ1) is 10.0. The van der Waals surface area contributed by atoms with E-state index < -0.39 is 0 Å². The van der Waals surface area contributed by atoms with Gasteiger partial charge in [0.05, 0.1) is 18.9 Å². The van der Waals surface area contributed by atoms with E-state index in [1.165, 1.54) is 7.11 Å². The monoisotopic (exact) mass is 290 g/mol. The summed E-state index contributed by atoms with van der Waals surface area (Å²) in [4.78, 5) is 23.7. The van der Waals surface area contributed by atoms with Gasteiger partial charge in [-0.25, -0.2) is 0 Å². The SMILES string of the molecule is COC(=O)[C@H](Cc1ccccc1)C[C@@H]1C(=O)O[C@H]1C(C)C. The number of cyclic esters (lactones) is 1. The highest BCUT2D eigenvalue weighted by molar-refractivity contribution is 5.80. The Kier molecular flexibility index (Phi) is 4.99. The van der Waals surface area contributed by atoms with Gasteiger partial charge in [0.25, 0.3) is 0 Å². The van der Waals surface area contributed by atoms with Crippen molar-refractivity contribution >= 4 is 11.9 Å². The number of hydrogen-bond donors (Lipinski definition) is 0. The second kappa shape index (κ2) is 6.74. The van der Waals surface area contributed by atoms with Gasteiger partial charge in [-0.15, -0.1) is 0 Å². The van der Waals surface area contributed by atoms with E-state index in [1.54, 1.807) is 0 Å². The zero-order valence-corrected chi connectivity index (χ0v) is 12.7. The first kappa shape index (κ1) is 15.5. The quantitative estimate of drug-likeness (QED) is 0.756. The Morgan fingerprint density at radius 2 is 1.95 bits per heavy atom. The molecular weight excluding hydrogens is 268 g/mol. The molecular formula is C17H22O4. The van der Waals surface area contributed by atoms with Crippen LogP contribution in [0.5, 0.6) is 0 Å². The molecule has 3 atom stereocenters. The second-order valence-corrected chi connectivity index (χ2v) is 5.90. The van der Waals surface area contributed by atoms with E-state index in [4.69, 9.17) is 9.47 Å². The molecule has 0 aromatic heterocycles. The van der Waals surface area contributed by atoms with Gasteiger partial charge in [0, 0.05) is 0 Å². The van der Waals surface area contributed by atoms with Crippen molar-refractivity contribution in [3.8, 4) is 0 Å². The highest BCUT2D eigenvalue weighted by Gasteiger charge is 2.46. The molecule has 4 nitrogen and oxygen atoms in total. The van der Waals surface area contributed by atoms with Gasteiger partial charge in [-0.1, -0.05) is 44.2 Å². The zero-order chi connectivity index (χ0) is 15.4. The Bertz CT molecular complexity index is 495. The van der Waals surface area contributed by atoms with Crippen molar-refractivity contribution in [2.75, 3.05) is 7.11 Å². The van der Waals surface area contributed by atoms with Crippen molar-refractivity contribution in [3.05, 3.63) is 35.9 Å². The molecule has 0 amide bonds. The van der Waals surface area contributed by atoms with E-state index in [1.807, 2.05) is 44.2 Å². The van der Waals surface area contributed by atoms with Crippen molar-refractivity contribution < 1.29 is 19.1 Å². The van der Waals surface area contributed by atoms with E-state index in [-0.39, 0.29) is 35.8 Å². The van der Waals surface area contributed by atoms with E-state index in [0.29, 0.717) is 12.8 Å². The molecule has 0 spiro atoms. The molecule has 2 rings (SSSR count). The van der Waals surface area contributed by atoms with Gasteiger partial charge in [-0.3, -0.25) is 9.59 Å². The van der Waals surface area contributed by atoms with Gasteiger partial charge < -0.3 is 9.47 Å². The number of ether oxygens (including phenoxy) is 2. The molecule has 0 unspecified atom stereocenters. The van der Waals surface area contributed by atoms with Gasteiger partial charge in [-0.05, 0) is 24.3 Å². The Balaban J connectivity index is 2.06. The molecule has 114 valence electrons. The molecule has 1 fully saturated rings. The molecule has 1 aromatic rings. The fourth-order valence-electron chi connectivity index (χ4n) is 2.83. The summed E-state index contributed by atoms with van der Waals surface area (Å²) in [6, 6.07) is 9.79. The standard InChI is InChI=1S/C17H22O4/c1-11(2)15-14(17(19)21-15)10-13(16(18)20-3)9-12-7-5-4-6-8-12/h4-8,11,13-15H,9-10H2,1-3H3/t13-,14+,15+/m1/s1. The molecule has 1 aliphatic rings. The van der Waals surface area contributed by atoms with Crippen molar-refractivity contribution in [2.45, 2.75) is 32.8 Å². The van der Waals surface area contributed by atoms with E-state index in [0.717, 1.165) is 5.56 Å². The maximum absolute atomic E-state index is 12.0. The lowest BCUT2D eigenvalue weighted by molar-refractivity contribution is -0.192. The van der Waals surface area contributed by atoms with Crippen LogP contribution in [0, 0.1) is 17.8 Å². The maximum Gasteiger partial charge on any atom is 0.313 e. The van der Waals surface area contributed by atoms with Crippen molar-refractivity contribution in [1.82, 2.24) is 0 Å². The topological polar surface area (TPSA) is 52.6 Å². The molecule has 4 heteroatoms. The molecule has 1 heterocycles. The van der Waals surface area contributed by atoms with Gasteiger partial charge in [0.2, 0.25) is 0 Å². The maximum atomic E-state index is 12.0. The predicted octanol–water partition coefficient (Wildman–Crippen LogP) is 2.61. The normalized spacial score (nSPS) is 22.4. The molecule has 0 radical (unpaired) electrons. The van der Waals surface area contributed by atoms with E-state index in [9.17, 15) is 9.59 Å². The van der Waals surface area contributed by atoms with Crippen LogP contribution in [0.15, 0.2) is 30.3 Å². The Hall–Kier alpha value is -1.84. The first-order valence-corrected chi connectivity index (χ1v) is 7.35. The number of rotatable bonds is 6. The number of esters is 2. The largest absolute Gasteiger partial charge is 0.469 e. The van der Waals surface area contributed by atoms with E-state index >= 15 is 0 Å². The van der Waals surface area contributed by atoms with Crippen LogP contribution in [0.2, 0.25) is 0 Å². The smallest absolute Gasteiger partial charge is 0.313 e. The number of hydrogen-bond acceptors (Lipinski definition) is 4. The molecule has 0 bridgehead atoms. The summed E-state index contributed by atoms with van der Waals surface area (Å²) in [6.45, 7) is 4.04. The minimum absolute atomic E-state index is 0.0829. The number of methoxy groups -OCH3 is 1. The average Bonchev–Trinajstić information content (AvgIpc) is 2.48. The van der Waals surface area contributed by atoms with Gasteiger partial charge in [0.1, 0.15) is 6.10 Å². The summed E-state index contributed by atoms with van der Waals surface area (Å²) >= 11 is 0. The summed E-state index contributed by atoms with van der Waals surface area (Å²) < 4.78 is 10.1. The van der Waals surface area contributed by atoms with Crippen molar-refractivity contribution in [1.29, 1.82) is 0 Å². The highest BCUT2D eigenvalue weighted by atomic mass is 16.6. The molecule has 0 N–H and O–H groups in total. The average molecular weight is 290 g/mol. The van der Waals surface area contributed by atoms with Crippen molar-refractivity contribution in [3.63, 3.8) is 0 Å². The summed E-state index contributed by atoms with van der Waals surface area (Å²) in [5, 5.41) is 0. The lowest BCUT2D eigenvalue weighted by Crippen LogP contribution is -2.49. The lowest BCUT2D eigenvalue weighted by atomic mass is 9.80. The van der Waals surface area contributed by atoms with Crippen LogP contribution in [0.25, 0.3) is 0 Å². The number of carbonyl (C=O) groups excluding carboxylic acids is 2. The van der Waals surface area contributed by atoms with Crippen LogP contribution in [0.1, 0.15) is 25.8 Å². The minimum Gasteiger partial charge on any atom is -0.469 e. The summed E-state index contributed by atoms with van der Waals surface area (Å²) in [5.41, 5.74) is 1.07. The summed E-state index contributed by atoms with van der Waals surface area (Å²) in [7, 11) is 1.39. The van der Waals surface area contributed by atoms with Crippen LogP contribution < -0.4 is 0 Å². The van der Waals surface area contributed by atoms with Crippen LogP contribution >= 0.6 is 0 Å². The summed E-state index contributed by atoms with van der Waals surface area (Å²) in [5.74, 6) is -0.700. The predicted molar refractivity (Wildman–Crippen MR) is 78.5 cm³/mol. The number of benzene rings is 1. The Morgan fingerprint density at radius 1 is 1.29 bits per heavy atom. The molecule has 21 heavy (non-hydrogen) atoms. The fraction of sp³-hybridized carbons (Fsp3) is 0.529. The number of carbonyl (C=O) groups is 2. The van der Waals surface area contributed by atoms with Crippen LogP contribution in [0.3, 0.4) is 0 Å². The lowest BCUT2D eigenvalue weighted by Gasteiger charge is -2.39. The molecule has 1 aromatic carbocycles. The van der Waals surface area contributed by atoms with Gasteiger partial charge in [0.15, 0.2) is 0 Å². The summed E-state index contributed by atoms with van der Waals surface area (Å²) in [6.07, 6.45) is 0.992. The molecule has 0 saturated carbocycles. The van der Waals surface area contributed by atoms with Crippen LogP contribution in [-0.4, -0.2) is 25.2 Å². The molecule has 0 aliphatic carbocycles. The van der Waals surface area contributed by atoms with E-state index in [2.05, 4.69) is 0 Å². The third kappa shape index (κ3) is 3.63. The van der Waals surface area contributed by atoms with Crippen LogP contribution in [0.4, 0.5) is 0 Å². The Labute approximate surface area is 125 Å². The van der Waals surface area contributed by atoms with Gasteiger partial charge >= 0.3 is 11.9 Å². The van der Waals surface area contributed by atoms with Gasteiger partial charge in [-0.2, -0.15) is 0 Å². The highest BCUT2D eigenvalue weighted by Crippen LogP contribution is 2.34. The zero-order valence-electron chi connectivity index (χ0n) is 12.7. The third-order valence-electron chi connectivity index (χ3n) is 4.01. The Morgan fingerprint density at radius 3 is 2.48 bits per heavy atom.